The lowest BCUT2D eigenvalue weighted by Crippen LogP contribution is -2.49. The van der Waals surface area contributed by atoms with Crippen LogP contribution in [0.2, 0.25) is 0 Å². The molecule has 0 aromatic carbocycles. The van der Waals surface area contributed by atoms with E-state index in [1.54, 1.807) is 20.8 Å². The molecule has 0 unspecified atom stereocenters. The summed E-state index contributed by atoms with van der Waals surface area (Å²) in [5.74, 6) is -2.32. The average Bonchev–Trinajstić information content (AvgIpc) is 2.42. The lowest BCUT2D eigenvalue weighted by atomic mass is 9.58. The molecule has 0 aromatic heterocycles. The third-order valence-corrected chi connectivity index (χ3v) is 6.13. The van der Waals surface area contributed by atoms with Crippen LogP contribution in [0.4, 0.5) is 13.2 Å². The van der Waals surface area contributed by atoms with Crippen molar-refractivity contribution in [1.29, 1.82) is 0 Å². The molecule has 0 N–H and O–H groups in total. The van der Waals surface area contributed by atoms with Crippen LogP contribution in [-0.4, -0.2) is 32.4 Å². The number of rotatable bonds is 4. The summed E-state index contributed by atoms with van der Waals surface area (Å²) in [6.45, 7) is 5.39. The highest BCUT2D eigenvalue weighted by Gasteiger charge is 2.54. The Bertz CT molecular complexity index is 665. The molecule has 0 heterocycles. The fourth-order valence-electron chi connectivity index (χ4n) is 3.62. The van der Waals surface area contributed by atoms with E-state index in [1.807, 2.05) is 0 Å². The third kappa shape index (κ3) is 3.33. The lowest BCUT2D eigenvalue weighted by molar-refractivity contribution is -0.136. The van der Waals surface area contributed by atoms with Crippen molar-refractivity contribution in [3.63, 3.8) is 0 Å². The summed E-state index contributed by atoms with van der Waals surface area (Å²) in [7, 11) is -4.36. The van der Waals surface area contributed by atoms with Crippen LogP contribution in [0, 0.1) is 17.3 Å². The molecule has 1 saturated carbocycles. The normalized spacial score (nSPS) is 31.6. The minimum atomic E-state index is -5.87. The minimum absolute atomic E-state index is 0.232. The maximum absolute atomic E-state index is 12.6. The molecule has 2 aliphatic carbocycles. The van der Waals surface area contributed by atoms with Crippen molar-refractivity contribution < 1.29 is 35.3 Å². The van der Waals surface area contributed by atoms with E-state index in [4.69, 9.17) is 4.74 Å². The van der Waals surface area contributed by atoms with Crippen molar-refractivity contribution in [2.75, 3.05) is 7.11 Å². The molecule has 0 aliphatic heterocycles. The first kappa shape index (κ1) is 19.2. The zero-order chi connectivity index (χ0) is 18.6. The fourth-order valence-corrected chi connectivity index (χ4v) is 4.09. The second-order valence-electron chi connectivity index (χ2n) is 7.27. The summed E-state index contributed by atoms with van der Waals surface area (Å²) in [5.41, 5.74) is -6.81. The first-order valence-electron chi connectivity index (χ1n) is 7.55. The van der Waals surface area contributed by atoms with Crippen LogP contribution in [0.3, 0.4) is 0 Å². The molecule has 138 valence electrons. The van der Waals surface area contributed by atoms with E-state index in [-0.39, 0.29) is 5.92 Å². The standard InChI is InChI=1S/C15H21F3O5S/c1-13(2,22-4)10-5-6-14(3)7-9(10)12(19)11(8-14)23-24(20,21)15(16,17)18/h8-10H,5-7H2,1-4H3/t9-,10+,14-/m0/s1. The van der Waals surface area contributed by atoms with Gasteiger partial charge in [0.15, 0.2) is 5.76 Å². The number of ketones is 1. The first-order valence-corrected chi connectivity index (χ1v) is 8.96. The van der Waals surface area contributed by atoms with Crippen LogP contribution < -0.4 is 0 Å². The number of hydrogen-bond acceptors (Lipinski definition) is 5. The van der Waals surface area contributed by atoms with E-state index in [0.717, 1.165) is 0 Å². The largest absolute Gasteiger partial charge is 0.534 e. The van der Waals surface area contributed by atoms with Crippen LogP contribution in [0.15, 0.2) is 11.8 Å². The Morgan fingerprint density at radius 2 is 1.88 bits per heavy atom. The summed E-state index contributed by atoms with van der Waals surface area (Å²) in [6.07, 6.45) is 2.92. The Morgan fingerprint density at radius 1 is 1.29 bits per heavy atom. The van der Waals surface area contributed by atoms with Gasteiger partial charge in [-0.2, -0.15) is 21.6 Å². The van der Waals surface area contributed by atoms with Crippen LogP contribution in [0.1, 0.15) is 40.0 Å². The molecule has 24 heavy (non-hydrogen) atoms. The number of halogens is 3. The van der Waals surface area contributed by atoms with E-state index in [0.29, 0.717) is 19.3 Å². The number of alkyl halides is 3. The highest BCUT2D eigenvalue weighted by Crippen LogP contribution is 2.52. The van der Waals surface area contributed by atoms with Crippen molar-refractivity contribution >= 4 is 15.9 Å². The molecule has 0 saturated heterocycles. The number of allylic oxidation sites excluding steroid dienone is 2. The van der Waals surface area contributed by atoms with E-state index >= 15 is 0 Å². The molecule has 2 rings (SSSR count). The number of hydrogen-bond donors (Lipinski definition) is 0. The smallest absolute Gasteiger partial charge is 0.379 e. The van der Waals surface area contributed by atoms with Gasteiger partial charge in [-0.25, -0.2) is 0 Å². The van der Waals surface area contributed by atoms with E-state index < -0.39 is 44.1 Å². The van der Waals surface area contributed by atoms with Gasteiger partial charge in [0, 0.05) is 13.0 Å². The molecule has 9 heteroatoms. The number of fused-ring (bicyclic) bond motifs is 2. The number of carbonyl (C=O) groups excluding carboxylic acids is 1. The molecule has 0 amide bonds. The molecular formula is C15H21F3O5S. The van der Waals surface area contributed by atoms with Gasteiger partial charge >= 0.3 is 15.6 Å². The van der Waals surface area contributed by atoms with Crippen molar-refractivity contribution in [1.82, 2.24) is 0 Å². The van der Waals surface area contributed by atoms with E-state index in [2.05, 4.69) is 4.18 Å². The lowest BCUT2D eigenvalue weighted by Gasteiger charge is -2.48. The summed E-state index contributed by atoms with van der Waals surface area (Å²) < 4.78 is 69.8. The molecule has 0 radical (unpaired) electrons. The average molecular weight is 370 g/mol. The third-order valence-electron chi connectivity index (χ3n) is 5.16. The molecular weight excluding hydrogens is 349 g/mol. The monoisotopic (exact) mass is 370 g/mol. The van der Waals surface area contributed by atoms with Gasteiger partial charge in [0.1, 0.15) is 0 Å². The quantitative estimate of drug-likeness (QED) is 0.562. The maximum Gasteiger partial charge on any atom is 0.534 e. The SMILES string of the molecule is COC(C)(C)[C@@H]1CC[C@]2(C)C=C(OS(=O)(=O)C(F)(F)F)C(=O)[C@H]1C2. The highest BCUT2D eigenvalue weighted by molar-refractivity contribution is 7.87. The van der Waals surface area contributed by atoms with E-state index in [1.165, 1.54) is 13.2 Å². The van der Waals surface area contributed by atoms with E-state index in [9.17, 15) is 26.4 Å². The topological polar surface area (TPSA) is 69.7 Å². The summed E-state index contributed by atoms with van der Waals surface area (Å²) in [6, 6.07) is 0. The van der Waals surface area contributed by atoms with Crippen LogP contribution in [0.5, 0.6) is 0 Å². The Hall–Kier alpha value is -1.09. The summed E-state index contributed by atoms with van der Waals surface area (Å²) in [5, 5.41) is 0. The van der Waals surface area contributed by atoms with Crippen LogP contribution in [-0.2, 0) is 23.8 Å². The van der Waals surface area contributed by atoms with Crippen LogP contribution in [0.25, 0.3) is 0 Å². The van der Waals surface area contributed by atoms with Gasteiger partial charge in [-0.1, -0.05) is 6.92 Å². The summed E-state index contributed by atoms with van der Waals surface area (Å²) in [4.78, 5) is 12.6. The first-order chi connectivity index (χ1) is 10.7. The molecule has 0 spiro atoms. The highest BCUT2D eigenvalue weighted by atomic mass is 32.2. The van der Waals surface area contributed by atoms with Gasteiger partial charge in [-0.05, 0) is 50.5 Å². The molecule has 2 aliphatic rings. The number of ether oxygens (including phenoxy) is 1. The predicted molar refractivity (Wildman–Crippen MR) is 79.2 cm³/mol. The van der Waals surface area contributed by atoms with Gasteiger partial charge < -0.3 is 8.92 Å². The molecule has 2 bridgehead atoms. The van der Waals surface area contributed by atoms with Gasteiger partial charge in [0.05, 0.1) is 5.60 Å². The Labute approximate surface area is 139 Å². The van der Waals surface area contributed by atoms with Gasteiger partial charge in [0.25, 0.3) is 0 Å². The Kier molecular flexibility index (Phi) is 4.59. The zero-order valence-corrected chi connectivity index (χ0v) is 14.8. The molecule has 0 aromatic rings. The molecule has 1 fully saturated rings. The van der Waals surface area contributed by atoms with Gasteiger partial charge in [-0.3, -0.25) is 4.79 Å². The number of carbonyl (C=O) groups is 1. The van der Waals surface area contributed by atoms with Crippen molar-refractivity contribution in [3.8, 4) is 0 Å². The molecule has 5 nitrogen and oxygen atoms in total. The van der Waals surface area contributed by atoms with Crippen molar-refractivity contribution in [2.45, 2.75) is 51.1 Å². The Morgan fingerprint density at radius 3 is 2.38 bits per heavy atom. The summed E-state index contributed by atoms with van der Waals surface area (Å²) >= 11 is 0. The zero-order valence-electron chi connectivity index (χ0n) is 13.9. The van der Waals surface area contributed by atoms with Gasteiger partial charge in [0.2, 0.25) is 5.78 Å². The maximum atomic E-state index is 12.6. The number of Topliss-reactive ketones (excluding diaryl/α,β-unsaturated/α-hetero) is 1. The minimum Gasteiger partial charge on any atom is -0.379 e. The Balaban J connectivity index is 2.38. The second-order valence-corrected chi connectivity index (χ2v) is 8.81. The van der Waals surface area contributed by atoms with Crippen LogP contribution >= 0.6 is 0 Å². The number of methoxy groups -OCH3 is 1. The van der Waals surface area contributed by atoms with Crippen molar-refractivity contribution in [3.05, 3.63) is 11.8 Å². The molecule has 3 atom stereocenters. The predicted octanol–water partition coefficient (Wildman–Crippen LogP) is 3.17. The van der Waals surface area contributed by atoms with Gasteiger partial charge in [-0.15, -0.1) is 0 Å². The fraction of sp³-hybridized carbons (Fsp3) is 0.800. The van der Waals surface area contributed by atoms with Crippen molar-refractivity contribution in [2.24, 2.45) is 17.3 Å². The second kappa shape index (κ2) is 5.72.